The van der Waals surface area contributed by atoms with Gasteiger partial charge >= 0.3 is 0 Å². The summed E-state index contributed by atoms with van der Waals surface area (Å²) >= 11 is 0. The quantitative estimate of drug-likeness (QED) is 0.713. The lowest BCUT2D eigenvalue weighted by atomic mass is 9.75. The summed E-state index contributed by atoms with van der Waals surface area (Å²) in [5, 5.41) is 3.05. The second kappa shape index (κ2) is 2.74. The maximum atomic E-state index is 12.1. The van der Waals surface area contributed by atoms with E-state index in [2.05, 4.69) is 5.32 Å². The maximum absolute atomic E-state index is 12.1. The maximum Gasteiger partial charge on any atom is 0.226 e. The first kappa shape index (κ1) is 8.75. The molecule has 0 radical (unpaired) electrons. The summed E-state index contributed by atoms with van der Waals surface area (Å²) in [6.07, 6.45) is 6.49. The third-order valence-corrected chi connectivity index (χ3v) is 4.78. The van der Waals surface area contributed by atoms with Crippen LogP contribution in [-0.2, 0) is 4.79 Å². The lowest BCUT2D eigenvalue weighted by Gasteiger charge is -2.31. The summed E-state index contributed by atoms with van der Waals surface area (Å²) in [5.74, 6) is 2.87. The topological polar surface area (TPSA) is 29.1 Å². The van der Waals surface area contributed by atoms with Gasteiger partial charge in [-0.05, 0) is 56.8 Å². The van der Waals surface area contributed by atoms with Crippen LogP contribution in [0.1, 0.15) is 39.0 Å². The summed E-state index contributed by atoms with van der Waals surface area (Å²) in [4.78, 5) is 12.1. The molecule has 4 aliphatic carbocycles. The van der Waals surface area contributed by atoms with Gasteiger partial charge in [-0.15, -0.1) is 0 Å². The minimum atomic E-state index is 0.0869. The van der Waals surface area contributed by atoms with E-state index in [0.717, 1.165) is 24.3 Å². The lowest BCUT2D eigenvalue weighted by molar-refractivity contribution is -0.132. The van der Waals surface area contributed by atoms with Crippen LogP contribution in [-0.4, -0.2) is 12.5 Å². The van der Waals surface area contributed by atoms with Crippen molar-refractivity contribution in [3.63, 3.8) is 0 Å². The molecule has 78 valence electrons. The SMILES string of the molecule is CCNC(=O)C12CC3CC(CC1C3)C2. The molecule has 1 N–H and O–H groups in total. The van der Waals surface area contributed by atoms with Gasteiger partial charge in [0.15, 0.2) is 0 Å². The molecule has 0 aromatic rings. The van der Waals surface area contributed by atoms with Crippen LogP contribution < -0.4 is 5.32 Å². The number of nitrogens with one attached hydrogen (secondary N) is 1. The van der Waals surface area contributed by atoms with Gasteiger partial charge < -0.3 is 5.32 Å². The second-order valence-electron chi connectivity index (χ2n) is 5.56. The van der Waals surface area contributed by atoms with Crippen LogP contribution in [0.5, 0.6) is 0 Å². The molecule has 4 rings (SSSR count). The van der Waals surface area contributed by atoms with Crippen LogP contribution in [0, 0.1) is 23.2 Å². The molecular weight excluding hydrogens is 174 g/mol. The van der Waals surface area contributed by atoms with Crippen molar-refractivity contribution >= 4 is 5.91 Å². The third kappa shape index (κ3) is 0.945. The number of hydrogen-bond donors (Lipinski definition) is 1. The molecule has 0 aromatic carbocycles. The van der Waals surface area contributed by atoms with Crippen LogP contribution in [0.15, 0.2) is 0 Å². The van der Waals surface area contributed by atoms with E-state index < -0.39 is 0 Å². The van der Waals surface area contributed by atoms with E-state index in [9.17, 15) is 4.79 Å². The molecular formula is C12H19NO. The van der Waals surface area contributed by atoms with Gasteiger partial charge in [-0.25, -0.2) is 0 Å². The van der Waals surface area contributed by atoms with Crippen LogP contribution in [0.25, 0.3) is 0 Å². The van der Waals surface area contributed by atoms with Gasteiger partial charge in [0, 0.05) is 6.54 Å². The Bertz CT molecular complexity index is 259. The average Bonchev–Trinajstić information content (AvgIpc) is 2.53. The third-order valence-electron chi connectivity index (χ3n) is 4.78. The number of rotatable bonds is 2. The molecule has 2 heteroatoms. The largest absolute Gasteiger partial charge is 0.356 e. The Morgan fingerprint density at radius 1 is 1.29 bits per heavy atom. The van der Waals surface area contributed by atoms with E-state index in [0.29, 0.717) is 5.91 Å². The zero-order valence-electron chi connectivity index (χ0n) is 8.88. The molecule has 0 heterocycles. The number of carbonyl (C=O) groups excluding carboxylic acids is 1. The summed E-state index contributed by atoms with van der Waals surface area (Å²) in [7, 11) is 0. The summed E-state index contributed by atoms with van der Waals surface area (Å²) in [5.41, 5.74) is 0.0869. The number of amides is 1. The van der Waals surface area contributed by atoms with Crippen LogP contribution in [0.3, 0.4) is 0 Å². The van der Waals surface area contributed by atoms with E-state index in [1.165, 1.54) is 32.1 Å². The highest BCUT2D eigenvalue weighted by molar-refractivity contribution is 5.84. The molecule has 4 bridgehead atoms. The fourth-order valence-corrected chi connectivity index (χ4v) is 4.50. The zero-order chi connectivity index (χ0) is 9.76. The standard InChI is InChI=1S/C12H19NO/c1-2-13-11(14)12-6-8-3-9(7-12)5-10(12)4-8/h8-10H,2-7H2,1H3,(H,13,14). The summed E-state index contributed by atoms with van der Waals surface area (Å²) < 4.78 is 0. The van der Waals surface area contributed by atoms with Gasteiger partial charge in [-0.2, -0.15) is 0 Å². The van der Waals surface area contributed by atoms with Gasteiger partial charge in [0.1, 0.15) is 0 Å². The monoisotopic (exact) mass is 193 g/mol. The highest BCUT2D eigenvalue weighted by Crippen LogP contribution is 2.65. The van der Waals surface area contributed by atoms with Crippen molar-refractivity contribution in [2.75, 3.05) is 6.54 Å². The molecule has 0 saturated heterocycles. The first-order valence-electron chi connectivity index (χ1n) is 6.03. The minimum absolute atomic E-state index is 0.0869. The highest BCUT2D eigenvalue weighted by Gasteiger charge is 2.61. The normalized spacial score (nSPS) is 48.5. The van der Waals surface area contributed by atoms with Gasteiger partial charge in [0.25, 0.3) is 0 Å². The zero-order valence-corrected chi connectivity index (χ0v) is 8.88. The first-order valence-corrected chi connectivity index (χ1v) is 6.03. The van der Waals surface area contributed by atoms with Gasteiger partial charge in [-0.1, -0.05) is 0 Å². The predicted molar refractivity (Wildman–Crippen MR) is 54.7 cm³/mol. The number of hydrogen-bond acceptors (Lipinski definition) is 1. The van der Waals surface area contributed by atoms with E-state index in [-0.39, 0.29) is 5.41 Å². The van der Waals surface area contributed by atoms with Crippen molar-refractivity contribution in [1.29, 1.82) is 0 Å². The predicted octanol–water partition coefficient (Wildman–Crippen LogP) is 1.95. The van der Waals surface area contributed by atoms with Crippen LogP contribution in [0.2, 0.25) is 0 Å². The Kier molecular flexibility index (Phi) is 1.71. The Morgan fingerprint density at radius 3 is 2.50 bits per heavy atom. The van der Waals surface area contributed by atoms with Gasteiger partial charge in [-0.3, -0.25) is 4.79 Å². The molecule has 0 aliphatic heterocycles. The van der Waals surface area contributed by atoms with Gasteiger partial charge in [0.05, 0.1) is 5.41 Å². The molecule has 14 heavy (non-hydrogen) atoms. The smallest absolute Gasteiger partial charge is 0.226 e. The molecule has 0 spiro atoms. The van der Waals surface area contributed by atoms with E-state index in [4.69, 9.17) is 0 Å². The molecule has 2 nitrogen and oxygen atoms in total. The average molecular weight is 193 g/mol. The molecule has 1 amide bonds. The van der Waals surface area contributed by atoms with Gasteiger partial charge in [0.2, 0.25) is 5.91 Å². The fraction of sp³-hybridized carbons (Fsp3) is 0.917. The Labute approximate surface area is 85.4 Å². The molecule has 2 atom stereocenters. The Hall–Kier alpha value is -0.530. The highest BCUT2D eigenvalue weighted by atomic mass is 16.2. The number of carbonyl (C=O) groups is 1. The molecule has 4 aliphatic rings. The van der Waals surface area contributed by atoms with Crippen molar-refractivity contribution in [2.45, 2.75) is 39.0 Å². The Balaban J connectivity index is 1.87. The van der Waals surface area contributed by atoms with E-state index in [1.807, 2.05) is 6.92 Å². The first-order chi connectivity index (χ1) is 6.74. The van der Waals surface area contributed by atoms with Crippen LogP contribution in [0.4, 0.5) is 0 Å². The van der Waals surface area contributed by atoms with Crippen molar-refractivity contribution in [3.05, 3.63) is 0 Å². The van der Waals surface area contributed by atoms with Crippen LogP contribution >= 0.6 is 0 Å². The fourth-order valence-electron chi connectivity index (χ4n) is 4.50. The summed E-state index contributed by atoms with van der Waals surface area (Å²) in [6.45, 7) is 2.82. The Morgan fingerprint density at radius 2 is 1.93 bits per heavy atom. The summed E-state index contributed by atoms with van der Waals surface area (Å²) in [6, 6.07) is 0. The molecule has 4 fully saturated rings. The van der Waals surface area contributed by atoms with E-state index in [1.54, 1.807) is 0 Å². The van der Waals surface area contributed by atoms with Crippen molar-refractivity contribution in [1.82, 2.24) is 5.32 Å². The molecule has 2 unspecified atom stereocenters. The minimum Gasteiger partial charge on any atom is -0.356 e. The molecule has 4 saturated carbocycles. The van der Waals surface area contributed by atoms with Crippen molar-refractivity contribution < 1.29 is 4.79 Å². The van der Waals surface area contributed by atoms with E-state index >= 15 is 0 Å². The lowest BCUT2D eigenvalue weighted by Crippen LogP contribution is -2.41. The second-order valence-corrected chi connectivity index (χ2v) is 5.56. The van der Waals surface area contributed by atoms with Crippen molar-refractivity contribution in [3.8, 4) is 0 Å². The molecule has 0 aromatic heterocycles. The van der Waals surface area contributed by atoms with Crippen molar-refractivity contribution in [2.24, 2.45) is 23.2 Å².